The van der Waals surface area contributed by atoms with E-state index in [1.807, 2.05) is 6.26 Å². The van der Waals surface area contributed by atoms with Gasteiger partial charge >= 0.3 is 5.97 Å². The van der Waals surface area contributed by atoms with Crippen LogP contribution < -0.4 is 5.32 Å². The average Bonchev–Trinajstić information content (AvgIpc) is 2.83. The van der Waals surface area contributed by atoms with Gasteiger partial charge in [-0.3, -0.25) is 0 Å². The summed E-state index contributed by atoms with van der Waals surface area (Å²) in [6.07, 6.45) is 1.95. The van der Waals surface area contributed by atoms with Gasteiger partial charge in [0, 0.05) is 45.3 Å². The minimum atomic E-state index is -1.05. The Kier molecular flexibility index (Phi) is 8.17. The molecule has 22 heavy (non-hydrogen) atoms. The first kappa shape index (κ1) is 19.7. The van der Waals surface area contributed by atoms with E-state index in [9.17, 15) is 9.90 Å². The third kappa shape index (κ3) is 5.41. The van der Waals surface area contributed by atoms with Crippen LogP contribution in [0.3, 0.4) is 0 Å². The number of thioether (sulfide) groups is 1. The molecule has 1 unspecified atom stereocenters. The molecule has 0 aliphatic heterocycles. The maximum Gasteiger partial charge on any atom is 0.334 e. The molecule has 0 aliphatic rings. The first-order chi connectivity index (χ1) is 9.99. The van der Waals surface area contributed by atoms with Gasteiger partial charge in [0.15, 0.2) is 6.04 Å². The molecule has 1 atom stereocenters. The molecule has 1 radical (unpaired) electrons. The molecule has 0 spiro atoms. The van der Waals surface area contributed by atoms with E-state index in [4.69, 9.17) is 27.6 Å². The Labute approximate surface area is 164 Å². The summed E-state index contributed by atoms with van der Waals surface area (Å²) in [7, 11) is 0. The van der Waals surface area contributed by atoms with Crippen molar-refractivity contribution in [2.45, 2.75) is 11.8 Å². The van der Waals surface area contributed by atoms with Crippen molar-refractivity contribution in [2.24, 2.45) is 0 Å². The topological polar surface area (TPSA) is 62.5 Å². The van der Waals surface area contributed by atoms with Gasteiger partial charge in [-0.15, -0.1) is 0 Å². The van der Waals surface area contributed by atoms with Crippen molar-refractivity contribution in [1.29, 1.82) is 0 Å². The van der Waals surface area contributed by atoms with Gasteiger partial charge in [0.1, 0.15) is 11.5 Å². The number of furan rings is 1. The Morgan fingerprint density at radius 3 is 2.50 bits per heavy atom. The summed E-state index contributed by atoms with van der Waals surface area (Å²) in [5.74, 6) is 0.712. The van der Waals surface area contributed by atoms with E-state index < -0.39 is 12.0 Å². The van der Waals surface area contributed by atoms with Crippen molar-refractivity contribution in [3.63, 3.8) is 0 Å². The number of anilines is 1. The second kappa shape index (κ2) is 9.11. The van der Waals surface area contributed by atoms with Gasteiger partial charge in [-0.25, -0.2) is 4.79 Å². The van der Waals surface area contributed by atoms with Crippen LogP contribution in [0.25, 0.3) is 0 Å². The summed E-state index contributed by atoms with van der Waals surface area (Å²) in [6.45, 7) is 0. The van der Waals surface area contributed by atoms with Crippen molar-refractivity contribution >= 4 is 76.2 Å². The molecule has 0 fully saturated rings. The Hall–Kier alpha value is -0.300. The molecule has 113 valence electrons. The van der Waals surface area contributed by atoms with Gasteiger partial charge in [0.2, 0.25) is 0 Å². The number of hydrogen-bond acceptors (Lipinski definition) is 4. The van der Waals surface area contributed by atoms with Crippen LogP contribution in [0.2, 0.25) is 10.0 Å². The maximum absolute atomic E-state index is 11.4. The molecule has 4 nitrogen and oxygen atoms in total. The number of carbonyl (C=O) groups is 1. The number of carboxylic acids is 1. The number of nitrogens with one attached hydrogen (secondary N) is 1. The van der Waals surface area contributed by atoms with E-state index in [0.29, 0.717) is 27.2 Å². The summed E-state index contributed by atoms with van der Waals surface area (Å²) in [6, 6.07) is 7.21. The van der Waals surface area contributed by atoms with E-state index in [-0.39, 0.29) is 29.6 Å². The molecule has 0 bridgehead atoms. The van der Waals surface area contributed by atoms with Gasteiger partial charge in [0.05, 0.1) is 5.75 Å². The third-order valence-corrected chi connectivity index (χ3v) is 3.68. The second-order valence-electron chi connectivity index (χ2n) is 4.31. The van der Waals surface area contributed by atoms with Gasteiger partial charge in [0.25, 0.3) is 0 Å². The number of benzene rings is 1. The van der Waals surface area contributed by atoms with Gasteiger partial charge < -0.3 is 14.8 Å². The molecule has 0 saturated carbocycles. The van der Waals surface area contributed by atoms with Crippen LogP contribution in [0.5, 0.6) is 0 Å². The summed E-state index contributed by atoms with van der Waals surface area (Å²) in [5.41, 5.74) is 0.516. The number of aliphatic carboxylic acids is 1. The minimum Gasteiger partial charge on any atom is -0.479 e. The van der Waals surface area contributed by atoms with Crippen LogP contribution in [0.15, 0.2) is 34.7 Å². The van der Waals surface area contributed by atoms with Crippen molar-refractivity contribution in [2.75, 3.05) is 11.6 Å². The zero-order valence-corrected chi connectivity index (χ0v) is 16.4. The fourth-order valence-corrected chi connectivity index (χ4v) is 2.79. The summed E-state index contributed by atoms with van der Waals surface area (Å²) < 4.78 is 5.55. The molecule has 8 heteroatoms. The van der Waals surface area contributed by atoms with Crippen LogP contribution >= 0.6 is 35.0 Å². The number of rotatable bonds is 6. The molecule has 1 aromatic carbocycles. The molecular weight excluding hydrogens is 356 g/mol. The molecule has 2 aromatic rings. The van der Waals surface area contributed by atoms with Gasteiger partial charge in [-0.1, -0.05) is 23.2 Å². The van der Waals surface area contributed by atoms with E-state index >= 15 is 0 Å². The van der Waals surface area contributed by atoms with Crippen molar-refractivity contribution in [1.82, 2.24) is 0 Å². The molecule has 2 rings (SSSR count). The fraction of sp³-hybridized carbons (Fsp3) is 0.214. The summed E-state index contributed by atoms with van der Waals surface area (Å²) in [5, 5.41) is 13.1. The van der Waals surface area contributed by atoms with Crippen LogP contribution in [0.4, 0.5) is 5.69 Å². The minimum absolute atomic E-state index is 0. The quantitative estimate of drug-likeness (QED) is 0.744. The van der Waals surface area contributed by atoms with Crippen molar-refractivity contribution < 1.29 is 14.3 Å². The molecule has 0 aliphatic carbocycles. The normalized spacial score (nSPS) is 11.6. The van der Waals surface area contributed by atoms with Crippen molar-refractivity contribution in [3.8, 4) is 0 Å². The second-order valence-corrected chi connectivity index (χ2v) is 6.05. The van der Waals surface area contributed by atoms with Crippen LogP contribution in [0.1, 0.15) is 17.6 Å². The first-order valence-corrected chi connectivity index (χ1v) is 8.17. The van der Waals surface area contributed by atoms with Crippen LogP contribution in [-0.2, 0) is 10.5 Å². The molecule has 2 N–H and O–H groups in total. The number of carboxylic acid groups (broad SMARTS) is 1. The SMILES string of the molecule is CSCc1ccc(C(Nc2cc(Cl)cc(Cl)c2)C(=O)O)o1.[Na]. The Morgan fingerprint density at radius 1 is 1.32 bits per heavy atom. The van der Waals surface area contributed by atoms with Gasteiger partial charge in [-0.05, 0) is 36.6 Å². The molecule has 1 aromatic heterocycles. The number of hydrogen-bond donors (Lipinski definition) is 2. The Balaban J connectivity index is 0.00000242. The summed E-state index contributed by atoms with van der Waals surface area (Å²) in [4.78, 5) is 11.4. The monoisotopic (exact) mass is 368 g/mol. The van der Waals surface area contributed by atoms with E-state index in [1.54, 1.807) is 42.1 Å². The van der Waals surface area contributed by atoms with E-state index in [2.05, 4.69) is 5.32 Å². The standard InChI is InChI=1S/C14H13Cl2NO3S.Na/c1-21-7-11-2-3-12(20-11)13(14(18)19)17-10-5-8(15)4-9(16)6-10;/h2-6,13,17H,7H2,1H3,(H,18,19);. The Morgan fingerprint density at radius 2 is 1.95 bits per heavy atom. The zero-order chi connectivity index (χ0) is 15.4. The largest absolute Gasteiger partial charge is 0.479 e. The van der Waals surface area contributed by atoms with E-state index in [0.717, 1.165) is 5.76 Å². The van der Waals surface area contributed by atoms with Crippen LogP contribution in [0, 0.1) is 0 Å². The van der Waals surface area contributed by atoms with Gasteiger partial charge in [-0.2, -0.15) is 11.8 Å². The fourth-order valence-electron chi connectivity index (χ4n) is 1.83. The predicted octanol–water partition coefficient (Wildman–Crippen LogP) is 4.31. The smallest absolute Gasteiger partial charge is 0.334 e. The molecule has 1 heterocycles. The third-order valence-electron chi connectivity index (χ3n) is 2.67. The molecular formula is C14H13Cl2NNaO3S. The zero-order valence-electron chi connectivity index (χ0n) is 12.1. The number of halogens is 2. The maximum atomic E-state index is 11.4. The van der Waals surface area contributed by atoms with Crippen LogP contribution in [-0.4, -0.2) is 46.9 Å². The molecule has 0 saturated heterocycles. The summed E-state index contributed by atoms with van der Waals surface area (Å²) >= 11 is 13.4. The molecule has 0 amide bonds. The van der Waals surface area contributed by atoms with Crippen molar-refractivity contribution in [3.05, 3.63) is 51.9 Å². The van der Waals surface area contributed by atoms with E-state index in [1.165, 1.54) is 0 Å². The predicted molar refractivity (Wildman–Crippen MR) is 92.1 cm³/mol. The Bertz CT molecular complexity index is 631. The first-order valence-electron chi connectivity index (χ1n) is 6.02. The average molecular weight is 369 g/mol.